The maximum atomic E-state index is 12.7. The quantitative estimate of drug-likeness (QED) is 0.728. The predicted molar refractivity (Wildman–Crippen MR) is 89.4 cm³/mol. The summed E-state index contributed by atoms with van der Waals surface area (Å²) in [6.45, 7) is 3.12. The summed E-state index contributed by atoms with van der Waals surface area (Å²) in [6, 6.07) is 19.5. The number of amides is 1. The first-order valence-corrected chi connectivity index (χ1v) is 7.59. The minimum absolute atomic E-state index is 0.141. The van der Waals surface area contributed by atoms with E-state index < -0.39 is 0 Å². The Morgan fingerprint density at radius 2 is 1.70 bits per heavy atom. The Hall–Kier alpha value is -2.95. The molecular weight excluding hydrogens is 288 g/mol. The van der Waals surface area contributed by atoms with E-state index in [0.717, 1.165) is 11.3 Å². The third kappa shape index (κ3) is 3.45. The predicted octanol–water partition coefficient (Wildman–Crippen LogP) is 2.99. The van der Waals surface area contributed by atoms with Crippen molar-refractivity contribution in [2.24, 2.45) is 0 Å². The van der Waals surface area contributed by atoms with Crippen LogP contribution in [0.5, 0.6) is 0 Å². The molecule has 1 heterocycles. The molecule has 0 aliphatic carbocycles. The molecule has 3 rings (SSSR count). The normalized spacial score (nSPS) is 10.5. The number of para-hydroxylation sites is 1. The third-order valence-electron chi connectivity index (χ3n) is 3.57. The average molecular weight is 306 g/mol. The SMILES string of the molecule is CCN(C(=O)c1cn(Cc2ccccc2)nn1)c1ccccc1. The van der Waals surface area contributed by atoms with Gasteiger partial charge in [0, 0.05) is 12.2 Å². The average Bonchev–Trinajstić information content (AvgIpc) is 3.06. The molecule has 0 spiro atoms. The minimum Gasteiger partial charge on any atom is -0.307 e. The van der Waals surface area contributed by atoms with E-state index in [0.29, 0.717) is 18.8 Å². The van der Waals surface area contributed by atoms with E-state index in [-0.39, 0.29) is 5.91 Å². The van der Waals surface area contributed by atoms with Gasteiger partial charge in [0.15, 0.2) is 5.69 Å². The smallest absolute Gasteiger partial charge is 0.280 e. The Morgan fingerprint density at radius 1 is 1.04 bits per heavy atom. The molecule has 0 saturated carbocycles. The van der Waals surface area contributed by atoms with Crippen LogP contribution in [0.15, 0.2) is 66.9 Å². The summed E-state index contributed by atoms with van der Waals surface area (Å²) in [6.07, 6.45) is 1.70. The number of benzene rings is 2. The van der Waals surface area contributed by atoms with Crippen molar-refractivity contribution in [3.8, 4) is 0 Å². The monoisotopic (exact) mass is 306 g/mol. The van der Waals surface area contributed by atoms with E-state index in [1.807, 2.05) is 67.6 Å². The molecule has 5 nitrogen and oxygen atoms in total. The summed E-state index contributed by atoms with van der Waals surface area (Å²) in [7, 11) is 0. The number of carbonyl (C=O) groups is 1. The van der Waals surface area contributed by atoms with Crippen LogP contribution in [0.1, 0.15) is 23.0 Å². The summed E-state index contributed by atoms with van der Waals surface area (Å²) in [5.41, 5.74) is 2.33. The zero-order chi connectivity index (χ0) is 16.1. The molecule has 0 aliphatic rings. The van der Waals surface area contributed by atoms with Crippen molar-refractivity contribution in [3.05, 3.63) is 78.1 Å². The molecule has 0 unspecified atom stereocenters. The van der Waals surface area contributed by atoms with Crippen molar-refractivity contribution >= 4 is 11.6 Å². The lowest BCUT2D eigenvalue weighted by atomic mass is 10.2. The molecule has 0 saturated heterocycles. The molecule has 0 aliphatic heterocycles. The topological polar surface area (TPSA) is 51.0 Å². The van der Waals surface area contributed by atoms with Gasteiger partial charge >= 0.3 is 0 Å². The molecule has 3 aromatic rings. The minimum atomic E-state index is -0.141. The van der Waals surface area contributed by atoms with Gasteiger partial charge in [0.05, 0.1) is 12.7 Å². The van der Waals surface area contributed by atoms with Gasteiger partial charge in [-0.1, -0.05) is 53.7 Å². The molecule has 1 amide bonds. The number of hydrogen-bond donors (Lipinski definition) is 0. The summed E-state index contributed by atoms with van der Waals surface area (Å²) >= 11 is 0. The Labute approximate surface area is 135 Å². The Kier molecular flexibility index (Phi) is 4.47. The molecule has 23 heavy (non-hydrogen) atoms. The van der Waals surface area contributed by atoms with Crippen molar-refractivity contribution in [2.75, 3.05) is 11.4 Å². The fraction of sp³-hybridized carbons (Fsp3) is 0.167. The van der Waals surface area contributed by atoms with Crippen molar-refractivity contribution in [2.45, 2.75) is 13.5 Å². The highest BCUT2D eigenvalue weighted by molar-refractivity contribution is 6.04. The van der Waals surface area contributed by atoms with E-state index in [2.05, 4.69) is 10.3 Å². The number of anilines is 1. The number of carbonyl (C=O) groups excluding carboxylic acids is 1. The van der Waals surface area contributed by atoms with Crippen molar-refractivity contribution < 1.29 is 4.79 Å². The highest BCUT2D eigenvalue weighted by atomic mass is 16.2. The van der Waals surface area contributed by atoms with Crippen LogP contribution >= 0.6 is 0 Å². The van der Waals surface area contributed by atoms with Gasteiger partial charge in [-0.05, 0) is 24.6 Å². The lowest BCUT2D eigenvalue weighted by molar-refractivity contribution is 0.0983. The molecule has 0 fully saturated rings. The first kappa shape index (κ1) is 15.0. The Bertz CT molecular complexity index is 768. The van der Waals surface area contributed by atoms with Crippen LogP contribution in [0.4, 0.5) is 5.69 Å². The summed E-state index contributed by atoms with van der Waals surface area (Å²) < 4.78 is 1.68. The number of rotatable bonds is 5. The first-order chi connectivity index (χ1) is 11.3. The van der Waals surface area contributed by atoms with Crippen LogP contribution < -0.4 is 4.90 Å². The Morgan fingerprint density at radius 3 is 2.35 bits per heavy atom. The molecule has 116 valence electrons. The number of nitrogens with zero attached hydrogens (tertiary/aromatic N) is 4. The number of aromatic nitrogens is 3. The summed E-state index contributed by atoms with van der Waals surface area (Å²) in [5.74, 6) is -0.141. The van der Waals surface area contributed by atoms with Gasteiger partial charge in [-0.3, -0.25) is 4.79 Å². The van der Waals surface area contributed by atoms with Crippen molar-refractivity contribution in [3.63, 3.8) is 0 Å². The maximum Gasteiger partial charge on any atom is 0.280 e. The highest BCUT2D eigenvalue weighted by Gasteiger charge is 2.19. The van der Waals surface area contributed by atoms with E-state index in [1.165, 1.54) is 0 Å². The lowest BCUT2D eigenvalue weighted by Gasteiger charge is -2.19. The maximum absolute atomic E-state index is 12.7. The molecule has 0 radical (unpaired) electrons. The molecule has 0 bridgehead atoms. The highest BCUT2D eigenvalue weighted by Crippen LogP contribution is 2.15. The van der Waals surface area contributed by atoms with Gasteiger partial charge in [-0.2, -0.15) is 0 Å². The van der Waals surface area contributed by atoms with Crippen molar-refractivity contribution in [1.82, 2.24) is 15.0 Å². The van der Waals surface area contributed by atoms with Gasteiger partial charge in [0.2, 0.25) is 0 Å². The zero-order valence-corrected chi connectivity index (χ0v) is 13.0. The van der Waals surface area contributed by atoms with Crippen LogP contribution in [0.3, 0.4) is 0 Å². The second kappa shape index (κ2) is 6.87. The van der Waals surface area contributed by atoms with Gasteiger partial charge in [0.1, 0.15) is 0 Å². The van der Waals surface area contributed by atoms with E-state index in [1.54, 1.807) is 15.8 Å². The zero-order valence-electron chi connectivity index (χ0n) is 13.0. The van der Waals surface area contributed by atoms with Gasteiger partial charge in [-0.15, -0.1) is 5.10 Å². The third-order valence-corrected chi connectivity index (χ3v) is 3.57. The fourth-order valence-electron chi connectivity index (χ4n) is 2.43. The summed E-state index contributed by atoms with van der Waals surface area (Å²) in [4.78, 5) is 14.3. The molecule has 1 aromatic heterocycles. The van der Waals surface area contributed by atoms with Gasteiger partial charge in [0.25, 0.3) is 5.91 Å². The Balaban J connectivity index is 1.78. The van der Waals surface area contributed by atoms with E-state index in [9.17, 15) is 4.79 Å². The standard InChI is InChI=1S/C18H18N4O/c1-2-22(16-11-7-4-8-12-16)18(23)17-14-21(20-19-17)13-15-9-5-3-6-10-15/h3-12,14H,2,13H2,1H3. The second-order valence-electron chi connectivity index (χ2n) is 5.17. The van der Waals surface area contributed by atoms with Crippen LogP contribution in [0, 0.1) is 0 Å². The van der Waals surface area contributed by atoms with Crippen LogP contribution in [-0.4, -0.2) is 27.4 Å². The number of hydrogen-bond acceptors (Lipinski definition) is 3. The van der Waals surface area contributed by atoms with Gasteiger partial charge in [-0.25, -0.2) is 4.68 Å². The van der Waals surface area contributed by atoms with Crippen LogP contribution in [0.25, 0.3) is 0 Å². The van der Waals surface area contributed by atoms with Gasteiger partial charge < -0.3 is 4.90 Å². The van der Waals surface area contributed by atoms with Crippen molar-refractivity contribution in [1.29, 1.82) is 0 Å². The molecule has 2 aromatic carbocycles. The molecular formula is C18H18N4O. The summed E-state index contributed by atoms with van der Waals surface area (Å²) in [5, 5.41) is 8.09. The van der Waals surface area contributed by atoms with Crippen LogP contribution in [-0.2, 0) is 6.54 Å². The van der Waals surface area contributed by atoms with E-state index in [4.69, 9.17) is 0 Å². The van der Waals surface area contributed by atoms with Crippen LogP contribution in [0.2, 0.25) is 0 Å². The molecule has 0 atom stereocenters. The fourth-order valence-corrected chi connectivity index (χ4v) is 2.43. The lowest BCUT2D eigenvalue weighted by Crippen LogP contribution is -2.30. The first-order valence-electron chi connectivity index (χ1n) is 7.59. The second-order valence-corrected chi connectivity index (χ2v) is 5.17. The molecule has 0 N–H and O–H groups in total. The molecule has 5 heteroatoms. The van der Waals surface area contributed by atoms with E-state index >= 15 is 0 Å². The largest absolute Gasteiger partial charge is 0.307 e.